The van der Waals surface area contributed by atoms with Crippen LogP contribution in [0, 0.1) is 6.92 Å². The monoisotopic (exact) mass is 297 g/mol. The highest BCUT2D eigenvalue weighted by Gasteiger charge is 2.20. The van der Waals surface area contributed by atoms with E-state index in [0.29, 0.717) is 5.65 Å². The molecule has 0 aliphatic heterocycles. The number of carboxylic acids is 1. The fourth-order valence-corrected chi connectivity index (χ4v) is 2.42. The Labute approximate surface area is 126 Å². The van der Waals surface area contributed by atoms with Gasteiger partial charge in [0.2, 0.25) is 0 Å². The molecule has 0 unspecified atom stereocenters. The fraction of sp³-hybridized carbons (Fsp3) is 0.188. The summed E-state index contributed by atoms with van der Waals surface area (Å²) in [5.41, 5.74) is 1.04. The standard InChI is InChI=1S/C16H15N3O3/c1-10-6-5-9-19-14(10)18-13(12(15(19)20)16(21)22)17-11-7-3-2-4-8-11/h3,5-9,17H,2,4H2,1H3,(H,21,22). The minimum atomic E-state index is -1.30. The molecule has 2 heterocycles. The van der Waals surface area contributed by atoms with E-state index in [1.54, 1.807) is 6.07 Å². The van der Waals surface area contributed by atoms with E-state index in [0.717, 1.165) is 24.1 Å². The average Bonchev–Trinajstić information content (AvgIpc) is 2.49. The highest BCUT2D eigenvalue weighted by atomic mass is 16.4. The molecule has 0 radical (unpaired) electrons. The van der Waals surface area contributed by atoms with Gasteiger partial charge in [0, 0.05) is 11.9 Å². The van der Waals surface area contributed by atoms with Crippen LogP contribution in [-0.2, 0) is 0 Å². The van der Waals surface area contributed by atoms with Crippen molar-refractivity contribution in [2.24, 2.45) is 0 Å². The lowest BCUT2D eigenvalue weighted by Crippen LogP contribution is -2.26. The lowest BCUT2D eigenvalue weighted by Gasteiger charge is -2.13. The van der Waals surface area contributed by atoms with Crippen LogP contribution < -0.4 is 10.9 Å². The first-order valence-electron chi connectivity index (χ1n) is 6.97. The van der Waals surface area contributed by atoms with Gasteiger partial charge in [-0.3, -0.25) is 9.20 Å². The van der Waals surface area contributed by atoms with Crippen LogP contribution in [-0.4, -0.2) is 20.5 Å². The summed E-state index contributed by atoms with van der Waals surface area (Å²) in [6.07, 6.45) is 9.13. The van der Waals surface area contributed by atoms with Crippen molar-refractivity contribution in [3.8, 4) is 0 Å². The van der Waals surface area contributed by atoms with Crippen LogP contribution in [0.5, 0.6) is 0 Å². The summed E-state index contributed by atoms with van der Waals surface area (Å²) in [6, 6.07) is 3.52. The van der Waals surface area contributed by atoms with E-state index >= 15 is 0 Å². The van der Waals surface area contributed by atoms with Crippen molar-refractivity contribution in [3.05, 3.63) is 63.7 Å². The van der Waals surface area contributed by atoms with Crippen LogP contribution >= 0.6 is 0 Å². The lowest BCUT2D eigenvalue weighted by molar-refractivity contribution is 0.0695. The molecule has 6 nitrogen and oxygen atoms in total. The van der Waals surface area contributed by atoms with E-state index in [-0.39, 0.29) is 11.4 Å². The Morgan fingerprint density at radius 2 is 2.23 bits per heavy atom. The smallest absolute Gasteiger partial charge is 0.345 e. The molecule has 0 aromatic carbocycles. The second-order valence-corrected chi connectivity index (χ2v) is 5.09. The van der Waals surface area contributed by atoms with Gasteiger partial charge < -0.3 is 10.4 Å². The van der Waals surface area contributed by atoms with E-state index in [1.165, 1.54) is 10.6 Å². The summed E-state index contributed by atoms with van der Waals surface area (Å²) in [6.45, 7) is 1.83. The molecule has 1 aliphatic rings. The van der Waals surface area contributed by atoms with Crippen molar-refractivity contribution < 1.29 is 9.90 Å². The molecule has 3 rings (SSSR count). The Hall–Kier alpha value is -2.89. The summed E-state index contributed by atoms with van der Waals surface area (Å²) < 4.78 is 1.26. The molecule has 0 bridgehead atoms. The topological polar surface area (TPSA) is 83.7 Å². The number of allylic oxidation sites excluding steroid dienone is 3. The largest absolute Gasteiger partial charge is 0.477 e. The zero-order valence-electron chi connectivity index (χ0n) is 12.0. The van der Waals surface area contributed by atoms with Crippen molar-refractivity contribution in [3.63, 3.8) is 0 Å². The maximum absolute atomic E-state index is 12.4. The van der Waals surface area contributed by atoms with E-state index in [4.69, 9.17) is 0 Å². The highest BCUT2D eigenvalue weighted by molar-refractivity contribution is 5.93. The predicted octanol–water partition coefficient (Wildman–Crippen LogP) is 2.35. The third-order valence-electron chi connectivity index (χ3n) is 3.52. The van der Waals surface area contributed by atoms with Gasteiger partial charge in [-0.05, 0) is 37.5 Å². The number of aryl methyl sites for hydroxylation is 1. The Morgan fingerprint density at radius 3 is 2.91 bits per heavy atom. The minimum absolute atomic E-state index is 0.0737. The van der Waals surface area contributed by atoms with Crippen molar-refractivity contribution in [2.45, 2.75) is 19.8 Å². The van der Waals surface area contributed by atoms with Gasteiger partial charge in [-0.25, -0.2) is 9.78 Å². The van der Waals surface area contributed by atoms with Gasteiger partial charge in [-0.2, -0.15) is 0 Å². The lowest BCUT2D eigenvalue weighted by atomic mass is 10.1. The molecule has 6 heteroatoms. The van der Waals surface area contributed by atoms with Gasteiger partial charge in [0.25, 0.3) is 5.56 Å². The minimum Gasteiger partial charge on any atom is -0.477 e. The van der Waals surface area contributed by atoms with Crippen molar-refractivity contribution in [1.82, 2.24) is 9.38 Å². The van der Waals surface area contributed by atoms with Gasteiger partial charge in [0.05, 0.1) is 0 Å². The number of carboxylic acid groups (broad SMARTS) is 1. The molecule has 2 N–H and O–H groups in total. The molecule has 112 valence electrons. The predicted molar refractivity (Wildman–Crippen MR) is 83.2 cm³/mol. The summed E-state index contributed by atoms with van der Waals surface area (Å²) in [4.78, 5) is 28.3. The average molecular weight is 297 g/mol. The Bertz CT molecular complexity index is 878. The third-order valence-corrected chi connectivity index (χ3v) is 3.52. The molecule has 0 saturated heterocycles. The van der Waals surface area contributed by atoms with E-state index < -0.39 is 11.5 Å². The first kappa shape index (κ1) is 14.1. The molecular weight excluding hydrogens is 282 g/mol. The van der Waals surface area contributed by atoms with Crippen LogP contribution in [0.2, 0.25) is 0 Å². The zero-order valence-corrected chi connectivity index (χ0v) is 12.0. The molecule has 1 aliphatic carbocycles. The van der Waals surface area contributed by atoms with Gasteiger partial charge in [0.1, 0.15) is 5.65 Å². The van der Waals surface area contributed by atoms with Crippen molar-refractivity contribution >= 4 is 17.4 Å². The Balaban J connectivity index is 2.23. The zero-order chi connectivity index (χ0) is 15.7. The van der Waals surface area contributed by atoms with E-state index in [9.17, 15) is 14.7 Å². The maximum Gasteiger partial charge on any atom is 0.345 e. The molecule has 2 aromatic rings. The number of aromatic carboxylic acids is 1. The number of nitrogens with zero attached hydrogens (tertiary/aromatic N) is 2. The molecule has 22 heavy (non-hydrogen) atoms. The van der Waals surface area contributed by atoms with Gasteiger partial charge in [-0.15, -0.1) is 0 Å². The van der Waals surface area contributed by atoms with Crippen LogP contribution in [0.25, 0.3) is 5.65 Å². The van der Waals surface area contributed by atoms with Gasteiger partial charge in [0.15, 0.2) is 11.4 Å². The fourth-order valence-electron chi connectivity index (χ4n) is 2.42. The molecule has 0 saturated carbocycles. The summed E-state index contributed by atoms with van der Waals surface area (Å²) in [5, 5.41) is 12.3. The number of pyridine rings is 1. The number of nitrogens with one attached hydrogen (secondary N) is 1. The number of hydrogen-bond donors (Lipinski definition) is 2. The molecule has 0 fully saturated rings. The van der Waals surface area contributed by atoms with Crippen LogP contribution in [0.1, 0.15) is 28.8 Å². The third kappa shape index (κ3) is 2.39. The number of rotatable bonds is 3. The molecule has 0 spiro atoms. The summed E-state index contributed by atoms with van der Waals surface area (Å²) in [5.74, 6) is -1.22. The highest BCUT2D eigenvalue weighted by Crippen LogP contribution is 2.18. The van der Waals surface area contributed by atoms with E-state index in [2.05, 4.69) is 10.3 Å². The maximum atomic E-state index is 12.4. The Morgan fingerprint density at radius 1 is 1.41 bits per heavy atom. The number of fused-ring (bicyclic) bond motifs is 1. The van der Waals surface area contributed by atoms with Gasteiger partial charge in [-0.1, -0.05) is 18.2 Å². The number of hydrogen-bond acceptors (Lipinski definition) is 4. The van der Waals surface area contributed by atoms with Crippen LogP contribution in [0.15, 0.2) is 47.0 Å². The first-order chi connectivity index (χ1) is 10.6. The van der Waals surface area contributed by atoms with Crippen molar-refractivity contribution in [2.75, 3.05) is 5.32 Å². The second kappa shape index (κ2) is 5.48. The van der Waals surface area contributed by atoms with Crippen molar-refractivity contribution in [1.29, 1.82) is 0 Å². The normalized spacial score (nSPS) is 14.0. The summed E-state index contributed by atoms with van der Waals surface area (Å²) >= 11 is 0. The summed E-state index contributed by atoms with van der Waals surface area (Å²) in [7, 11) is 0. The number of anilines is 1. The first-order valence-corrected chi connectivity index (χ1v) is 6.97. The quantitative estimate of drug-likeness (QED) is 0.908. The Kier molecular flexibility index (Phi) is 3.50. The van der Waals surface area contributed by atoms with Crippen LogP contribution in [0.3, 0.4) is 0 Å². The number of aromatic nitrogens is 2. The SMILES string of the molecule is Cc1cccn2c(=O)c(C(=O)O)c(NC3=CCCC=C3)nc12. The second-order valence-electron chi connectivity index (χ2n) is 5.09. The number of carbonyl (C=O) groups is 1. The van der Waals surface area contributed by atoms with Crippen LogP contribution in [0.4, 0.5) is 5.82 Å². The molecular formula is C16H15N3O3. The molecule has 0 amide bonds. The van der Waals surface area contributed by atoms with E-state index in [1.807, 2.05) is 31.2 Å². The molecule has 2 aromatic heterocycles. The van der Waals surface area contributed by atoms with Gasteiger partial charge >= 0.3 is 5.97 Å². The molecule has 0 atom stereocenters.